The minimum atomic E-state index is 0.802. The molecule has 0 aliphatic rings. The van der Waals surface area contributed by atoms with Crippen molar-refractivity contribution in [1.82, 2.24) is 4.98 Å². The van der Waals surface area contributed by atoms with Crippen LogP contribution in [0.1, 0.15) is 12.5 Å². The van der Waals surface area contributed by atoms with E-state index in [1.807, 2.05) is 36.5 Å². The van der Waals surface area contributed by atoms with Crippen molar-refractivity contribution < 1.29 is 0 Å². The van der Waals surface area contributed by atoms with Crippen LogP contribution in [-0.4, -0.2) is 10.1 Å². The Morgan fingerprint density at radius 3 is 2.09 bits per heavy atom. The second-order valence-electron chi connectivity index (χ2n) is 5.23. The second kappa shape index (κ2) is 7.10. The van der Waals surface area contributed by atoms with Gasteiger partial charge < -0.3 is 0 Å². The van der Waals surface area contributed by atoms with Gasteiger partial charge in [-0.1, -0.05) is 49.4 Å². The Morgan fingerprint density at radius 1 is 0.870 bits per heavy atom. The van der Waals surface area contributed by atoms with E-state index in [1.165, 1.54) is 11.1 Å². The zero-order valence-electron chi connectivity index (χ0n) is 12.9. The van der Waals surface area contributed by atoms with Gasteiger partial charge in [0, 0.05) is 17.3 Å². The van der Waals surface area contributed by atoms with Gasteiger partial charge in [0.15, 0.2) is 0 Å². The molecule has 23 heavy (non-hydrogen) atoms. The first kappa shape index (κ1) is 15.3. The molecule has 1 heterocycles. The normalized spacial score (nSPS) is 10.1. The fourth-order valence-corrected chi connectivity index (χ4v) is 2.53. The van der Waals surface area contributed by atoms with Crippen molar-refractivity contribution in [3.05, 3.63) is 72.4 Å². The van der Waals surface area contributed by atoms with E-state index in [0.29, 0.717) is 0 Å². The van der Waals surface area contributed by atoms with Crippen molar-refractivity contribution in [2.45, 2.75) is 13.3 Å². The zero-order valence-corrected chi connectivity index (χ0v) is 13.7. The molecule has 0 saturated carbocycles. The molecule has 3 aromatic rings. The summed E-state index contributed by atoms with van der Waals surface area (Å²) in [5.74, 6) is 0. The number of aliphatic imine (C=N–C) groups is 1. The molecule has 3 heteroatoms. The molecule has 2 nitrogen and oxygen atoms in total. The lowest BCUT2D eigenvalue weighted by Gasteiger charge is -2.05. The molecule has 1 aromatic heterocycles. The summed E-state index contributed by atoms with van der Waals surface area (Å²) in [5, 5.41) is 2.37. The van der Waals surface area contributed by atoms with Gasteiger partial charge in [-0.25, -0.2) is 0 Å². The van der Waals surface area contributed by atoms with Gasteiger partial charge in [0.2, 0.25) is 0 Å². The molecule has 0 radical (unpaired) electrons. The molecule has 0 aliphatic carbocycles. The molecule has 2 aromatic carbocycles. The lowest BCUT2D eigenvalue weighted by atomic mass is 10.0. The van der Waals surface area contributed by atoms with Crippen LogP contribution in [0, 0.1) is 0 Å². The second-order valence-corrected chi connectivity index (χ2v) is 5.42. The van der Waals surface area contributed by atoms with Crippen molar-refractivity contribution in [3.63, 3.8) is 0 Å². The van der Waals surface area contributed by atoms with Crippen molar-refractivity contribution >= 4 is 23.1 Å². The van der Waals surface area contributed by atoms with E-state index in [4.69, 9.17) is 0 Å². The number of nitrogens with zero attached hydrogens (tertiary/aromatic N) is 2. The highest BCUT2D eigenvalue weighted by Crippen LogP contribution is 2.24. The SMILES string of the molecule is CCc1ccc(-c2ccc(-c3ccc(N=C=S)cc3)nc2)cc1. The Hall–Kier alpha value is -2.61. The number of aromatic nitrogens is 1. The van der Waals surface area contributed by atoms with Gasteiger partial charge in [0.05, 0.1) is 16.5 Å². The molecule has 0 fully saturated rings. The van der Waals surface area contributed by atoms with Gasteiger partial charge >= 0.3 is 0 Å². The van der Waals surface area contributed by atoms with Crippen molar-refractivity contribution in [3.8, 4) is 22.4 Å². The van der Waals surface area contributed by atoms with Crippen LogP contribution in [0.2, 0.25) is 0 Å². The first-order chi connectivity index (χ1) is 11.3. The van der Waals surface area contributed by atoms with Crippen LogP contribution in [0.5, 0.6) is 0 Å². The monoisotopic (exact) mass is 316 g/mol. The maximum absolute atomic E-state index is 4.61. The molecule has 0 aliphatic heterocycles. The number of thiocarbonyl (C=S) groups is 1. The van der Waals surface area contributed by atoms with E-state index in [9.17, 15) is 0 Å². The standard InChI is InChI=1S/C20H16N2S/c1-2-15-3-5-16(6-4-15)18-9-12-20(21-13-18)17-7-10-19(11-8-17)22-14-23/h3-13H,2H2,1H3. The molecule has 3 rings (SSSR count). The molecule has 0 saturated heterocycles. The van der Waals surface area contributed by atoms with Gasteiger partial charge in [-0.05, 0) is 48.0 Å². The largest absolute Gasteiger partial charge is 0.256 e. The Bertz CT molecular complexity index is 828. The fraction of sp³-hybridized carbons (Fsp3) is 0.100. The fourth-order valence-electron chi connectivity index (χ4n) is 2.43. The third kappa shape index (κ3) is 3.59. The summed E-state index contributed by atoms with van der Waals surface area (Å²) in [7, 11) is 0. The summed E-state index contributed by atoms with van der Waals surface area (Å²) in [6, 6.07) is 20.6. The van der Waals surface area contributed by atoms with Crippen LogP contribution < -0.4 is 0 Å². The quantitative estimate of drug-likeness (QED) is 0.455. The summed E-state index contributed by atoms with van der Waals surface area (Å²) < 4.78 is 0. The lowest BCUT2D eigenvalue weighted by molar-refractivity contribution is 1.14. The zero-order chi connectivity index (χ0) is 16.1. The van der Waals surface area contributed by atoms with E-state index < -0.39 is 0 Å². The molecule has 0 spiro atoms. The van der Waals surface area contributed by atoms with E-state index in [1.54, 1.807) is 0 Å². The van der Waals surface area contributed by atoms with Crippen LogP contribution in [0.4, 0.5) is 5.69 Å². The third-order valence-corrected chi connectivity index (χ3v) is 3.89. The number of pyridine rings is 1. The van der Waals surface area contributed by atoms with Gasteiger partial charge in [0.25, 0.3) is 0 Å². The Morgan fingerprint density at radius 2 is 1.52 bits per heavy atom. The summed E-state index contributed by atoms with van der Waals surface area (Å²) >= 11 is 4.61. The molecule has 0 N–H and O–H groups in total. The molecular weight excluding hydrogens is 300 g/mol. The minimum Gasteiger partial charge on any atom is -0.256 e. The van der Waals surface area contributed by atoms with E-state index in [2.05, 4.69) is 64.6 Å². The smallest absolute Gasteiger partial charge is 0.0740 e. The van der Waals surface area contributed by atoms with Gasteiger partial charge in [-0.2, -0.15) is 4.99 Å². The third-order valence-electron chi connectivity index (χ3n) is 3.80. The molecule has 112 valence electrons. The summed E-state index contributed by atoms with van der Waals surface area (Å²) in [4.78, 5) is 8.53. The number of isothiocyanates is 1. The summed E-state index contributed by atoms with van der Waals surface area (Å²) in [6.45, 7) is 2.16. The van der Waals surface area contributed by atoms with Crippen molar-refractivity contribution in [2.24, 2.45) is 4.99 Å². The minimum absolute atomic E-state index is 0.802. The predicted octanol–water partition coefficient (Wildman–Crippen LogP) is 5.71. The van der Waals surface area contributed by atoms with E-state index in [0.717, 1.165) is 28.9 Å². The van der Waals surface area contributed by atoms with E-state index in [-0.39, 0.29) is 0 Å². The van der Waals surface area contributed by atoms with Crippen molar-refractivity contribution in [1.29, 1.82) is 0 Å². The first-order valence-corrected chi connectivity index (χ1v) is 7.94. The number of benzene rings is 2. The number of hydrogen-bond donors (Lipinski definition) is 0. The van der Waals surface area contributed by atoms with Crippen LogP contribution in [0.15, 0.2) is 71.9 Å². The average Bonchev–Trinajstić information content (AvgIpc) is 2.63. The number of aryl methyl sites for hydroxylation is 1. The number of rotatable bonds is 4. The molecule has 0 atom stereocenters. The van der Waals surface area contributed by atoms with Crippen LogP contribution in [0.3, 0.4) is 0 Å². The Kier molecular flexibility index (Phi) is 4.72. The lowest BCUT2D eigenvalue weighted by Crippen LogP contribution is -1.86. The Balaban J connectivity index is 1.84. The average molecular weight is 316 g/mol. The van der Waals surface area contributed by atoms with Gasteiger partial charge in [-0.15, -0.1) is 0 Å². The topological polar surface area (TPSA) is 25.2 Å². The van der Waals surface area contributed by atoms with Crippen LogP contribution >= 0.6 is 12.2 Å². The van der Waals surface area contributed by atoms with Gasteiger partial charge in [0.1, 0.15) is 0 Å². The highest BCUT2D eigenvalue weighted by atomic mass is 32.1. The summed E-state index contributed by atoms with van der Waals surface area (Å²) in [6.07, 6.45) is 2.97. The molecule has 0 bridgehead atoms. The predicted molar refractivity (Wildman–Crippen MR) is 99.2 cm³/mol. The summed E-state index contributed by atoms with van der Waals surface area (Å²) in [5.41, 5.74) is 6.46. The molecule has 0 amide bonds. The highest BCUT2D eigenvalue weighted by Gasteiger charge is 2.02. The van der Waals surface area contributed by atoms with Crippen LogP contribution in [-0.2, 0) is 6.42 Å². The first-order valence-electron chi connectivity index (χ1n) is 7.54. The van der Waals surface area contributed by atoms with Gasteiger partial charge in [-0.3, -0.25) is 4.98 Å². The maximum atomic E-state index is 4.61. The van der Waals surface area contributed by atoms with Crippen LogP contribution in [0.25, 0.3) is 22.4 Å². The number of hydrogen-bond acceptors (Lipinski definition) is 3. The maximum Gasteiger partial charge on any atom is 0.0740 e. The van der Waals surface area contributed by atoms with Crippen molar-refractivity contribution in [2.75, 3.05) is 0 Å². The van der Waals surface area contributed by atoms with E-state index >= 15 is 0 Å². The molecule has 0 unspecified atom stereocenters. The highest BCUT2D eigenvalue weighted by molar-refractivity contribution is 7.78. The molecular formula is C20H16N2S. The Labute approximate surface area is 141 Å².